The SMILES string of the molecule is O=C1Nc2ncccc2C12Cc1ccc([N+](=O)[O-])cc1C2(F)F. The molecule has 116 valence electrons. The lowest BCUT2D eigenvalue weighted by Crippen LogP contribution is -2.46. The van der Waals surface area contributed by atoms with Gasteiger partial charge in [-0.25, -0.2) is 4.98 Å². The lowest BCUT2D eigenvalue weighted by Gasteiger charge is -2.29. The summed E-state index contributed by atoms with van der Waals surface area (Å²) >= 11 is 0. The number of nitrogens with zero attached hydrogens (tertiary/aromatic N) is 2. The van der Waals surface area contributed by atoms with Crippen molar-refractivity contribution < 1.29 is 18.5 Å². The van der Waals surface area contributed by atoms with E-state index in [9.17, 15) is 14.9 Å². The van der Waals surface area contributed by atoms with E-state index < -0.39 is 33.4 Å². The molecular weight excluding hydrogens is 308 g/mol. The third kappa shape index (κ3) is 1.50. The largest absolute Gasteiger partial charge is 0.309 e. The van der Waals surface area contributed by atoms with Crippen molar-refractivity contribution in [2.45, 2.75) is 17.8 Å². The molecule has 2 aliphatic rings. The minimum Gasteiger partial charge on any atom is -0.309 e. The molecular formula is C15H9F2N3O3. The fourth-order valence-electron chi connectivity index (χ4n) is 3.42. The van der Waals surface area contributed by atoms with Gasteiger partial charge in [-0.05, 0) is 18.1 Å². The molecule has 1 N–H and O–H groups in total. The summed E-state index contributed by atoms with van der Waals surface area (Å²) < 4.78 is 30.3. The van der Waals surface area contributed by atoms with Crippen molar-refractivity contribution in [3.05, 3.63) is 63.3 Å². The number of pyridine rings is 1. The summed E-state index contributed by atoms with van der Waals surface area (Å²) in [5, 5.41) is 13.3. The maximum absolute atomic E-state index is 15.2. The van der Waals surface area contributed by atoms with Gasteiger partial charge in [0.15, 0.2) is 0 Å². The second-order valence-corrected chi connectivity index (χ2v) is 5.61. The van der Waals surface area contributed by atoms with Gasteiger partial charge in [0.1, 0.15) is 11.2 Å². The number of nitro benzene ring substituents is 1. The Bertz CT molecular complexity index is 884. The molecule has 1 aliphatic heterocycles. The zero-order valence-corrected chi connectivity index (χ0v) is 11.5. The minimum atomic E-state index is -3.56. The molecule has 1 spiro atoms. The van der Waals surface area contributed by atoms with E-state index in [1.807, 2.05) is 0 Å². The first-order valence-electron chi connectivity index (χ1n) is 6.80. The van der Waals surface area contributed by atoms with Crippen LogP contribution in [0.3, 0.4) is 0 Å². The Kier molecular flexibility index (Phi) is 2.45. The Balaban J connectivity index is 1.97. The van der Waals surface area contributed by atoms with Crippen LogP contribution >= 0.6 is 0 Å². The minimum absolute atomic E-state index is 0.111. The molecule has 0 saturated heterocycles. The number of nitro groups is 1. The molecule has 2 heterocycles. The Morgan fingerprint density at radius 2 is 2.04 bits per heavy atom. The van der Waals surface area contributed by atoms with Gasteiger partial charge in [-0.15, -0.1) is 0 Å². The van der Waals surface area contributed by atoms with E-state index in [0.717, 1.165) is 6.07 Å². The van der Waals surface area contributed by atoms with Crippen LogP contribution in [-0.4, -0.2) is 15.8 Å². The topological polar surface area (TPSA) is 85.1 Å². The zero-order valence-electron chi connectivity index (χ0n) is 11.5. The first-order valence-corrected chi connectivity index (χ1v) is 6.80. The Hall–Kier alpha value is -2.90. The molecule has 0 fully saturated rings. The highest BCUT2D eigenvalue weighted by atomic mass is 19.3. The second-order valence-electron chi connectivity index (χ2n) is 5.61. The standard InChI is InChI=1S/C15H9F2N3O3/c16-15(17)11-6-9(20(22)23)4-3-8(11)7-14(15)10-2-1-5-18-12(10)19-13(14)21/h1-6H,7H2,(H,18,19,21). The molecule has 1 amide bonds. The van der Waals surface area contributed by atoms with Crippen LogP contribution in [0.15, 0.2) is 36.5 Å². The molecule has 6 nitrogen and oxygen atoms in total. The van der Waals surface area contributed by atoms with Gasteiger partial charge >= 0.3 is 0 Å². The smallest absolute Gasteiger partial charge is 0.292 e. The number of anilines is 1. The lowest BCUT2D eigenvalue weighted by atomic mass is 9.76. The highest BCUT2D eigenvalue weighted by molar-refractivity contribution is 6.07. The molecule has 2 aromatic rings. The molecule has 23 heavy (non-hydrogen) atoms. The summed E-state index contributed by atoms with van der Waals surface area (Å²) in [5.41, 5.74) is -2.65. The number of non-ortho nitro benzene ring substituents is 1. The number of carbonyl (C=O) groups is 1. The molecule has 4 rings (SSSR count). The van der Waals surface area contributed by atoms with Gasteiger partial charge in [0.05, 0.1) is 4.92 Å². The van der Waals surface area contributed by atoms with Crippen molar-refractivity contribution >= 4 is 17.4 Å². The van der Waals surface area contributed by atoms with Gasteiger partial charge in [0.2, 0.25) is 5.91 Å². The van der Waals surface area contributed by atoms with Gasteiger partial charge in [0, 0.05) is 29.5 Å². The molecule has 0 radical (unpaired) electrons. The summed E-state index contributed by atoms with van der Waals surface area (Å²) in [5.74, 6) is -4.29. The van der Waals surface area contributed by atoms with Crippen molar-refractivity contribution in [1.29, 1.82) is 0 Å². The summed E-state index contributed by atoms with van der Waals surface area (Å²) in [6.07, 6.45) is 1.18. The maximum atomic E-state index is 15.2. The number of aromatic nitrogens is 1. The quantitative estimate of drug-likeness (QED) is 0.647. The zero-order chi connectivity index (χ0) is 16.4. The highest BCUT2D eigenvalue weighted by Gasteiger charge is 2.69. The van der Waals surface area contributed by atoms with Crippen molar-refractivity contribution in [2.75, 3.05) is 5.32 Å². The average Bonchev–Trinajstić information content (AvgIpc) is 2.93. The number of hydrogen-bond donors (Lipinski definition) is 1. The Morgan fingerprint density at radius 1 is 1.26 bits per heavy atom. The van der Waals surface area contributed by atoms with Gasteiger partial charge in [-0.1, -0.05) is 12.1 Å². The fraction of sp³-hybridized carbons (Fsp3) is 0.200. The van der Waals surface area contributed by atoms with Crippen molar-refractivity contribution in [1.82, 2.24) is 4.98 Å². The number of benzene rings is 1. The summed E-state index contributed by atoms with van der Waals surface area (Å²) in [6, 6.07) is 6.24. The third-order valence-corrected chi connectivity index (χ3v) is 4.52. The second kappa shape index (κ2) is 4.09. The summed E-state index contributed by atoms with van der Waals surface area (Å²) in [6.45, 7) is 0. The molecule has 1 aromatic carbocycles. The number of fused-ring (bicyclic) bond motifs is 3. The molecule has 1 unspecified atom stereocenters. The van der Waals surface area contributed by atoms with Crippen molar-refractivity contribution in [3.63, 3.8) is 0 Å². The number of hydrogen-bond acceptors (Lipinski definition) is 4. The Labute approximate surface area is 128 Å². The average molecular weight is 317 g/mol. The van der Waals surface area contributed by atoms with E-state index in [-0.39, 0.29) is 23.4 Å². The van der Waals surface area contributed by atoms with Crippen LogP contribution in [0.2, 0.25) is 0 Å². The van der Waals surface area contributed by atoms with Crippen molar-refractivity contribution in [2.24, 2.45) is 0 Å². The van der Waals surface area contributed by atoms with E-state index in [4.69, 9.17) is 0 Å². The van der Waals surface area contributed by atoms with Crippen LogP contribution in [0.5, 0.6) is 0 Å². The third-order valence-electron chi connectivity index (χ3n) is 4.52. The normalized spacial score (nSPS) is 23.5. The number of halogens is 2. The highest BCUT2D eigenvalue weighted by Crippen LogP contribution is 2.59. The van der Waals surface area contributed by atoms with E-state index in [2.05, 4.69) is 10.3 Å². The van der Waals surface area contributed by atoms with E-state index >= 15 is 8.78 Å². The van der Waals surface area contributed by atoms with E-state index in [1.165, 1.54) is 30.5 Å². The first kappa shape index (κ1) is 13.7. The van der Waals surface area contributed by atoms with Crippen LogP contribution in [0.4, 0.5) is 20.3 Å². The lowest BCUT2D eigenvalue weighted by molar-refractivity contribution is -0.385. The van der Waals surface area contributed by atoms with Gasteiger partial charge in [-0.3, -0.25) is 14.9 Å². The molecule has 0 saturated carbocycles. The van der Waals surface area contributed by atoms with E-state index in [1.54, 1.807) is 0 Å². The Morgan fingerprint density at radius 3 is 2.78 bits per heavy atom. The molecule has 1 atom stereocenters. The van der Waals surface area contributed by atoms with Crippen LogP contribution < -0.4 is 5.32 Å². The number of alkyl halides is 2. The van der Waals surface area contributed by atoms with Gasteiger partial charge < -0.3 is 5.32 Å². The number of nitrogens with one attached hydrogen (secondary N) is 1. The van der Waals surface area contributed by atoms with E-state index in [0.29, 0.717) is 0 Å². The summed E-state index contributed by atoms with van der Waals surface area (Å²) in [4.78, 5) is 26.5. The number of rotatable bonds is 1. The van der Waals surface area contributed by atoms with Gasteiger partial charge in [0.25, 0.3) is 11.6 Å². The fourth-order valence-corrected chi connectivity index (χ4v) is 3.42. The predicted octanol–water partition coefficient (Wildman–Crippen LogP) is 2.53. The van der Waals surface area contributed by atoms with Crippen molar-refractivity contribution in [3.8, 4) is 0 Å². The van der Waals surface area contributed by atoms with Crippen LogP contribution in [0, 0.1) is 10.1 Å². The number of carbonyl (C=O) groups excluding carboxylic acids is 1. The molecule has 1 aromatic heterocycles. The predicted molar refractivity (Wildman–Crippen MR) is 75.2 cm³/mol. The van der Waals surface area contributed by atoms with Gasteiger partial charge in [-0.2, -0.15) is 8.78 Å². The number of amides is 1. The molecule has 8 heteroatoms. The molecule has 0 bridgehead atoms. The first-order chi connectivity index (χ1) is 10.9. The van der Waals surface area contributed by atoms with Crippen LogP contribution in [0.25, 0.3) is 0 Å². The maximum Gasteiger partial charge on any atom is 0.292 e. The summed E-state index contributed by atoms with van der Waals surface area (Å²) in [7, 11) is 0. The molecule has 1 aliphatic carbocycles. The monoisotopic (exact) mass is 317 g/mol. The van der Waals surface area contributed by atoms with Crippen LogP contribution in [0.1, 0.15) is 16.7 Å². The van der Waals surface area contributed by atoms with Crippen LogP contribution in [-0.2, 0) is 22.6 Å².